The van der Waals surface area contributed by atoms with E-state index in [-0.39, 0.29) is 11.8 Å². The van der Waals surface area contributed by atoms with Crippen molar-refractivity contribution in [3.05, 3.63) is 23.8 Å². The van der Waals surface area contributed by atoms with Crippen LogP contribution in [0, 0.1) is 0 Å². The molecule has 1 aliphatic rings. The number of benzene rings is 1. The van der Waals surface area contributed by atoms with Gasteiger partial charge in [-0.1, -0.05) is 0 Å². The van der Waals surface area contributed by atoms with E-state index in [1.54, 1.807) is 42.2 Å². The van der Waals surface area contributed by atoms with E-state index in [4.69, 9.17) is 14.2 Å². The number of carbonyl (C=O) groups is 2. The maximum atomic E-state index is 12.6. The second-order valence-electron chi connectivity index (χ2n) is 5.49. The Morgan fingerprint density at radius 2 is 1.58 bits per heavy atom. The molecule has 1 saturated heterocycles. The average Bonchev–Trinajstić information content (AvgIpc) is 2.64. The zero-order valence-electron chi connectivity index (χ0n) is 14.4. The predicted octanol–water partition coefficient (Wildman–Crippen LogP) is 1.02. The van der Waals surface area contributed by atoms with E-state index in [1.165, 1.54) is 7.11 Å². The Hall–Kier alpha value is -2.28. The van der Waals surface area contributed by atoms with Crippen LogP contribution >= 0.6 is 0 Å². The van der Waals surface area contributed by atoms with Crippen molar-refractivity contribution >= 4 is 11.8 Å². The molecular formula is C17H24N2O5. The Morgan fingerprint density at radius 3 is 2.17 bits per heavy atom. The summed E-state index contributed by atoms with van der Waals surface area (Å²) in [6.07, 6.45) is 0.375. The predicted molar refractivity (Wildman–Crippen MR) is 88.5 cm³/mol. The largest absolute Gasteiger partial charge is 0.493 e. The first-order valence-electron chi connectivity index (χ1n) is 7.88. The van der Waals surface area contributed by atoms with Crippen molar-refractivity contribution in [1.29, 1.82) is 0 Å². The van der Waals surface area contributed by atoms with E-state index in [9.17, 15) is 9.59 Å². The fourth-order valence-corrected chi connectivity index (χ4v) is 2.66. The minimum absolute atomic E-state index is 0.0649. The Labute approximate surface area is 142 Å². The van der Waals surface area contributed by atoms with Crippen molar-refractivity contribution in [2.24, 2.45) is 0 Å². The molecule has 0 N–H and O–H groups in total. The molecule has 0 saturated carbocycles. The number of ether oxygens (including phenoxy) is 3. The van der Waals surface area contributed by atoms with Crippen LogP contribution in [-0.4, -0.2) is 75.7 Å². The SMILES string of the molecule is COCCC(=O)N1CCN(C(=O)c2ccc(OC)c(OC)c2)CC1. The third-order valence-corrected chi connectivity index (χ3v) is 4.07. The number of piperazine rings is 1. The third kappa shape index (κ3) is 4.17. The number of methoxy groups -OCH3 is 3. The van der Waals surface area contributed by atoms with Crippen LogP contribution in [0.1, 0.15) is 16.8 Å². The van der Waals surface area contributed by atoms with E-state index in [0.29, 0.717) is 56.3 Å². The van der Waals surface area contributed by atoms with Crippen molar-refractivity contribution in [2.45, 2.75) is 6.42 Å². The average molecular weight is 336 g/mol. The first-order chi connectivity index (χ1) is 11.6. The molecule has 7 nitrogen and oxygen atoms in total. The fourth-order valence-electron chi connectivity index (χ4n) is 2.66. The van der Waals surface area contributed by atoms with Crippen LogP contribution in [0.15, 0.2) is 18.2 Å². The summed E-state index contributed by atoms with van der Waals surface area (Å²) in [7, 11) is 4.67. The molecule has 0 atom stereocenters. The van der Waals surface area contributed by atoms with Crippen molar-refractivity contribution in [1.82, 2.24) is 9.80 Å². The summed E-state index contributed by atoms with van der Waals surface area (Å²) in [5.41, 5.74) is 0.548. The summed E-state index contributed by atoms with van der Waals surface area (Å²) in [4.78, 5) is 28.1. The maximum Gasteiger partial charge on any atom is 0.254 e. The summed E-state index contributed by atoms with van der Waals surface area (Å²) in [6, 6.07) is 5.12. The van der Waals surface area contributed by atoms with E-state index in [1.807, 2.05) is 0 Å². The fraction of sp³-hybridized carbons (Fsp3) is 0.529. The third-order valence-electron chi connectivity index (χ3n) is 4.07. The van der Waals surface area contributed by atoms with Crippen molar-refractivity contribution in [2.75, 3.05) is 54.1 Å². The van der Waals surface area contributed by atoms with Crippen LogP contribution in [0.2, 0.25) is 0 Å². The zero-order valence-corrected chi connectivity index (χ0v) is 14.4. The van der Waals surface area contributed by atoms with E-state index in [2.05, 4.69) is 0 Å². The van der Waals surface area contributed by atoms with Crippen LogP contribution in [0.25, 0.3) is 0 Å². The first-order valence-corrected chi connectivity index (χ1v) is 7.88. The zero-order chi connectivity index (χ0) is 17.5. The van der Waals surface area contributed by atoms with Gasteiger partial charge in [0.05, 0.1) is 27.2 Å². The Kier molecular flexibility index (Phi) is 6.43. The number of hydrogen-bond acceptors (Lipinski definition) is 5. The summed E-state index contributed by atoms with van der Waals surface area (Å²) >= 11 is 0. The number of carbonyl (C=O) groups excluding carboxylic acids is 2. The number of amides is 2. The number of rotatable bonds is 6. The van der Waals surface area contributed by atoms with Gasteiger partial charge >= 0.3 is 0 Å². The lowest BCUT2D eigenvalue weighted by atomic mass is 10.1. The highest BCUT2D eigenvalue weighted by Gasteiger charge is 2.25. The van der Waals surface area contributed by atoms with Crippen LogP contribution in [-0.2, 0) is 9.53 Å². The van der Waals surface area contributed by atoms with E-state index in [0.717, 1.165) is 0 Å². The summed E-state index contributed by atoms with van der Waals surface area (Å²) < 4.78 is 15.4. The quantitative estimate of drug-likeness (QED) is 0.776. The molecule has 0 radical (unpaired) electrons. The molecule has 7 heteroatoms. The standard InChI is InChI=1S/C17H24N2O5/c1-22-11-6-16(20)18-7-9-19(10-8-18)17(21)13-4-5-14(23-2)15(12-13)24-3/h4-5,12H,6-11H2,1-3H3. The van der Waals surface area contributed by atoms with Crippen LogP contribution in [0.3, 0.4) is 0 Å². The highest BCUT2D eigenvalue weighted by molar-refractivity contribution is 5.95. The second-order valence-corrected chi connectivity index (χ2v) is 5.49. The van der Waals surface area contributed by atoms with Gasteiger partial charge in [0.15, 0.2) is 11.5 Å². The van der Waals surface area contributed by atoms with Gasteiger partial charge in [-0.25, -0.2) is 0 Å². The number of nitrogens with zero attached hydrogens (tertiary/aromatic N) is 2. The summed E-state index contributed by atoms with van der Waals surface area (Å²) in [6.45, 7) is 2.55. The molecule has 24 heavy (non-hydrogen) atoms. The minimum atomic E-state index is -0.0695. The van der Waals surface area contributed by atoms with Crippen LogP contribution < -0.4 is 9.47 Å². The van der Waals surface area contributed by atoms with Gasteiger partial charge in [0.1, 0.15) is 0 Å². The van der Waals surface area contributed by atoms with E-state index >= 15 is 0 Å². The summed E-state index contributed by atoms with van der Waals surface area (Å²) in [5.74, 6) is 1.11. The van der Waals surface area contributed by atoms with E-state index < -0.39 is 0 Å². The molecule has 0 aliphatic carbocycles. The molecule has 1 heterocycles. The van der Waals surface area contributed by atoms with Gasteiger partial charge in [-0.05, 0) is 18.2 Å². The van der Waals surface area contributed by atoms with Gasteiger partial charge in [0.25, 0.3) is 5.91 Å². The highest BCUT2D eigenvalue weighted by atomic mass is 16.5. The monoisotopic (exact) mass is 336 g/mol. The minimum Gasteiger partial charge on any atom is -0.493 e. The lowest BCUT2D eigenvalue weighted by Gasteiger charge is -2.35. The molecule has 0 unspecified atom stereocenters. The molecule has 0 spiro atoms. The number of hydrogen-bond donors (Lipinski definition) is 0. The molecule has 1 aliphatic heterocycles. The molecule has 0 bridgehead atoms. The Bertz CT molecular complexity index is 582. The molecular weight excluding hydrogens is 312 g/mol. The highest BCUT2D eigenvalue weighted by Crippen LogP contribution is 2.28. The topological polar surface area (TPSA) is 68.3 Å². The Balaban J connectivity index is 1.96. The molecule has 1 aromatic carbocycles. The maximum absolute atomic E-state index is 12.6. The van der Waals surface area contributed by atoms with Crippen molar-refractivity contribution < 1.29 is 23.8 Å². The smallest absolute Gasteiger partial charge is 0.254 e. The lowest BCUT2D eigenvalue weighted by Crippen LogP contribution is -2.50. The van der Waals surface area contributed by atoms with Gasteiger partial charge < -0.3 is 24.0 Å². The lowest BCUT2D eigenvalue weighted by molar-refractivity contribution is -0.133. The normalized spacial score (nSPS) is 14.5. The molecule has 2 amide bonds. The van der Waals surface area contributed by atoms with Gasteiger partial charge in [-0.2, -0.15) is 0 Å². The molecule has 0 aromatic heterocycles. The van der Waals surface area contributed by atoms with Gasteiger partial charge in [0, 0.05) is 38.9 Å². The van der Waals surface area contributed by atoms with Gasteiger partial charge in [0.2, 0.25) is 5.91 Å². The van der Waals surface area contributed by atoms with Crippen LogP contribution in [0.5, 0.6) is 11.5 Å². The van der Waals surface area contributed by atoms with Gasteiger partial charge in [-0.15, -0.1) is 0 Å². The molecule has 132 valence electrons. The van der Waals surface area contributed by atoms with Crippen LogP contribution in [0.4, 0.5) is 0 Å². The van der Waals surface area contributed by atoms with Crippen molar-refractivity contribution in [3.63, 3.8) is 0 Å². The molecule has 2 rings (SSSR count). The molecule has 1 aromatic rings. The second kappa shape index (κ2) is 8.54. The van der Waals surface area contributed by atoms with Gasteiger partial charge in [-0.3, -0.25) is 9.59 Å². The summed E-state index contributed by atoms with van der Waals surface area (Å²) in [5, 5.41) is 0. The van der Waals surface area contributed by atoms with Crippen molar-refractivity contribution in [3.8, 4) is 11.5 Å². The molecule has 1 fully saturated rings. The first kappa shape index (κ1) is 18.1. The Morgan fingerprint density at radius 1 is 0.958 bits per heavy atom.